The van der Waals surface area contributed by atoms with Crippen LogP contribution in [0.25, 0.3) is 0 Å². The van der Waals surface area contributed by atoms with Crippen LogP contribution in [0, 0.1) is 15.9 Å². The number of aromatic hydroxyl groups is 1. The fourth-order valence-corrected chi connectivity index (χ4v) is 0.721. The van der Waals surface area contributed by atoms with Gasteiger partial charge in [0.05, 0.1) is 16.7 Å². The number of hydrogen-bond acceptors (Lipinski definition) is 4. The summed E-state index contributed by atoms with van der Waals surface area (Å²) in [6.45, 7) is 0. The minimum absolute atomic E-state index is 0.439. The van der Waals surface area contributed by atoms with Crippen molar-refractivity contribution in [2.75, 3.05) is 5.73 Å². The van der Waals surface area contributed by atoms with Gasteiger partial charge in [0.15, 0.2) is 11.6 Å². The van der Waals surface area contributed by atoms with Crippen molar-refractivity contribution in [3.8, 4) is 5.75 Å². The summed E-state index contributed by atoms with van der Waals surface area (Å²) in [5, 5.41) is 18.9. The number of benzene rings is 1. The molecule has 0 amide bonds. The molecule has 0 aromatic heterocycles. The summed E-state index contributed by atoms with van der Waals surface area (Å²) >= 11 is 0. The third kappa shape index (κ3) is 1.26. The van der Waals surface area contributed by atoms with Gasteiger partial charge in [-0.3, -0.25) is 10.1 Å². The Morgan fingerprint density at radius 1 is 1.58 bits per heavy atom. The molecule has 0 radical (unpaired) electrons. The lowest BCUT2D eigenvalue weighted by Crippen LogP contribution is -1.94. The van der Waals surface area contributed by atoms with E-state index >= 15 is 0 Å². The highest BCUT2D eigenvalue weighted by atomic mass is 19.1. The first-order chi connectivity index (χ1) is 5.52. The maximum atomic E-state index is 12.6. The average molecular weight is 172 g/mol. The van der Waals surface area contributed by atoms with Crippen molar-refractivity contribution >= 4 is 11.4 Å². The Hall–Kier alpha value is -1.85. The lowest BCUT2D eigenvalue weighted by molar-refractivity contribution is -0.384. The fourth-order valence-electron chi connectivity index (χ4n) is 0.721. The molecule has 0 aliphatic carbocycles. The maximum absolute atomic E-state index is 12.6. The number of phenols is 1. The number of nitrogens with two attached hydrogens (primary N) is 1. The van der Waals surface area contributed by atoms with E-state index in [9.17, 15) is 14.5 Å². The maximum Gasteiger partial charge on any atom is 0.275 e. The fraction of sp³-hybridized carbons (Fsp3) is 0. The molecule has 1 rings (SSSR count). The van der Waals surface area contributed by atoms with Crippen LogP contribution in [0.5, 0.6) is 5.75 Å². The number of anilines is 1. The van der Waals surface area contributed by atoms with Crippen LogP contribution in [0.1, 0.15) is 0 Å². The average Bonchev–Trinajstić information content (AvgIpc) is 1.99. The molecule has 1 aromatic carbocycles. The van der Waals surface area contributed by atoms with E-state index in [-0.39, 0.29) is 0 Å². The molecule has 0 aliphatic heterocycles. The molecule has 0 saturated heterocycles. The van der Waals surface area contributed by atoms with Crippen LogP contribution in [-0.2, 0) is 0 Å². The summed E-state index contributed by atoms with van der Waals surface area (Å²) in [5.41, 5.74) is 4.14. The van der Waals surface area contributed by atoms with Gasteiger partial charge in [0.25, 0.3) is 5.69 Å². The summed E-state index contributed by atoms with van der Waals surface area (Å²) in [7, 11) is 0. The predicted molar refractivity (Wildman–Crippen MR) is 39.1 cm³/mol. The Morgan fingerprint density at radius 3 is 2.58 bits per heavy atom. The Labute approximate surface area is 66.4 Å². The number of phenolic OH excluding ortho intramolecular Hbond substituents is 1. The zero-order chi connectivity index (χ0) is 9.30. The monoisotopic (exact) mass is 172 g/mol. The molecule has 12 heavy (non-hydrogen) atoms. The van der Waals surface area contributed by atoms with E-state index in [0.29, 0.717) is 6.07 Å². The van der Waals surface area contributed by atoms with Gasteiger partial charge in [-0.2, -0.15) is 0 Å². The number of nitro groups is 1. The van der Waals surface area contributed by atoms with Gasteiger partial charge in [-0.15, -0.1) is 0 Å². The van der Waals surface area contributed by atoms with Gasteiger partial charge in [-0.05, 0) is 0 Å². The highest BCUT2D eigenvalue weighted by Gasteiger charge is 2.13. The number of rotatable bonds is 1. The van der Waals surface area contributed by atoms with Crippen LogP contribution in [0.2, 0.25) is 0 Å². The van der Waals surface area contributed by atoms with Crippen LogP contribution < -0.4 is 5.73 Å². The molecule has 0 spiro atoms. The van der Waals surface area contributed by atoms with E-state index in [1.165, 1.54) is 0 Å². The van der Waals surface area contributed by atoms with Crippen molar-refractivity contribution < 1.29 is 14.4 Å². The molecular formula is C6H5FN2O3. The van der Waals surface area contributed by atoms with Crippen molar-refractivity contribution in [3.05, 3.63) is 28.1 Å². The molecular weight excluding hydrogens is 167 g/mol. The van der Waals surface area contributed by atoms with Gasteiger partial charge in [0, 0.05) is 6.07 Å². The largest absolute Gasteiger partial charge is 0.505 e. The van der Waals surface area contributed by atoms with Crippen LogP contribution in [0.15, 0.2) is 12.1 Å². The van der Waals surface area contributed by atoms with Crippen molar-refractivity contribution in [3.63, 3.8) is 0 Å². The zero-order valence-corrected chi connectivity index (χ0v) is 5.82. The molecule has 1 aromatic rings. The first-order valence-corrected chi connectivity index (χ1v) is 2.94. The minimum Gasteiger partial charge on any atom is -0.505 e. The molecule has 0 atom stereocenters. The van der Waals surface area contributed by atoms with Gasteiger partial charge in [-0.1, -0.05) is 0 Å². The Morgan fingerprint density at radius 2 is 2.17 bits per heavy atom. The van der Waals surface area contributed by atoms with Gasteiger partial charge in [0.2, 0.25) is 0 Å². The number of halogens is 1. The standard InChI is InChI=1S/C6H5FN2O3/c7-6-4(8)1-3(9(11)12)2-5(6)10/h1-2,10H,8H2. The SMILES string of the molecule is Nc1cc([N+](=O)[O-])cc(O)c1F. The first-order valence-electron chi connectivity index (χ1n) is 2.94. The van der Waals surface area contributed by atoms with Crippen LogP contribution >= 0.6 is 0 Å². The lowest BCUT2D eigenvalue weighted by atomic mass is 10.2. The summed E-state index contributed by atoms with van der Waals surface area (Å²) in [5.74, 6) is -1.86. The van der Waals surface area contributed by atoms with E-state index in [1.807, 2.05) is 0 Å². The Kier molecular flexibility index (Phi) is 1.82. The topological polar surface area (TPSA) is 89.4 Å². The summed E-state index contributed by atoms with van der Waals surface area (Å²) in [4.78, 5) is 9.36. The van der Waals surface area contributed by atoms with Gasteiger partial charge < -0.3 is 10.8 Å². The summed E-state index contributed by atoms with van der Waals surface area (Å²) in [6, 6.07) is 1.54. The molecule has 0 heterocycles. The van der Waals surface area contributed by atoms with E-state index in [2.05, 4.69) is 0 Å². The van der Waals surface area contributed by atoms with Crippen molar-refractivity contribution in [2.24, 2.45) is 0 Å². The highest BCUT2D eigenvalue weighted by Crippen LogP contribution is 2.27. The third-order valence-electron chi connectivity index (χ3n) is 1.28. The lowest BCUT2D eigenvalue weighted by Gasteiger charge is -1.98. The molecule has 3 N–H and O–H groups in total. The molecule has 0 unspecified atom stereocenters. The zero-order valence-electron chi connectivity index (χ0n) is 5.82. The Bertz CT molecular complexity index is 317. The summed E-state index contributed by atoms with van der Waals surface area (Å²) < 4.78 is 12.6. The van der Waals surface area contributed by atoms with Crippen molar-refractivity contribution in [1.29, 1.82) is 0 Å². The van der Waals surface area contributed by atoms with Gasteiger partial charge in [0.1, 0.15) is 0 Å². The highest BCUT2D eigenvalue weighted by molar-refractivity contribution is 5.54. The van der Waals surface area contributed by atoms with Crippen LogP contribution in [0.4, 0.5) is 15.8 Å². The second kappa shape index (κ2) is 2.65. The number of hydrogen-bond donors (Lipinski definition) is 2. The van der Waals surface area contributed by atoms with E-state index in [4.69, 9.17) is 10.8 Å². The molecule has 0 fully saturated rings. The summed E-state index contributed by atoms with van der Waals surface area (Å²) in [6.07, 6.45) is 0. The normalized spacial score (nSPS) is 9.75. The molecule has 0 aliphatic rings. The smallest absolute Gasteiger partial charge is 0.275 e. The van der Waals surface area contributed by atoms with E-state index < -0.39 is 27.9 Å². The van der Waals surface area contributed by atoms with Crippen LogP contribution in [0.3, 0.4) is 0 Å². The predicted octanol–water partition coefficient (Wildman–Crippen LogP) is 1.02. The quantitative estimate of drug-likeness (QED) is 0.376. The third-order valence-corrected chi connectivity index (χ3v) is 1.28. The number of nitrogens with zero attached hydrogens (tertiary/aromatic N) is 1. The van der Waals surface area contributed by atoms with Crippen molar-refractivity contribution in [1.82, 2.24) is 0 Å². The minimum atomic E-state index is -1.04. The van der Waals surface area contributed by atoms with Crippen LogP contribution in [-0.4, -0.2) is 10.0 Å². The van der Waals surface area contributed by atoms with Crippen molar-refractivity contribution in [2.45, 2.75) is 0 Å². The van der Waals surface area contributed by atoms with Gasteiger partial charge in [-0.25, -0.2) is 4.39 Å². The first kappa shape index (κ1) is 8.25. The Balaban J connectivity index is 3.31. The second-order valence-corrected chi connectivity index (χ2v) is 2.13. The number of non-ortho nitro benzene ring substituents is 1. The molecule has 5 nitrogen and oxygen atoms in total. The second-order valence-electron chi connectivity index (χ2n) is 2.13. The number of nitrogen functional groups attached to an aromatic ring is 1. The van der Waals surface area contributed by atoms with E-state index in [1.54, 1.807) is 0 Å². The molecule has 0 bridgehead atoms. The van der Waals surface area contributed by atoms with E-state index in [0.717, 1.165) is 6.07 Å². The van der Waals surface area contributed by atoms with Gasteiger partial charge >= 0.3 is 0 Å². The number of nitro benzene ring substituents is 1. The molecule has 6 heteroatoms. The molecule has 0 saturated carbocycles. The molecule has 64 valence electrons.